The molecule has 0 bridgehead atoms. The predicted octanol–water partition coefficient (Wildman–Crippen LogP) is 3.87. The van der Waals surface area contributed by atoms with E-state index in [9.17, 15) is 0 Å². The van der Waals surface area contributed by atoms with Gasteiger partial charge in [0.25, 0.3) is 0 Å². The van der Waals surface area contributed by atoms with Crippen molar-refractivity contribution >= 4 is 6.21 Å². The molecule has 118 valence electrons. The summed E-state index contributed by atoms with van der Waals surface area (Å²) in [5.41, 5.74) is 1.18. The molecule has 1 aromatic rings. The summed E-state index contributed by atoms with van der Waals surface area (Å²) in [6.45, 7) is 0.598. The van der Waals surface area contributed by atoms with Crippen molar-refractivity contribution in [3.63, 3.8) is 0 Å². The monoisotopic (exact) mass is 347 g/mol. The van der Waals surface area contributed by atoms with Crippen LogP contribution in [0.3, 0.4) is 0 Å². The molecule has 0 amide bonds. The van der Waals surface area contributed by atoms with Gasteiger partial charge in [-0.3, -0.25) is 4.99 Å². The van der Waals surface area contributed by atoms with Gasteiger partial charge in [0.05, 0.1) is 12.6 Å². The third-order valence-electron chi connectivity index (χ3n) is 3.16. The Morgan fingerprint density at radius 1 is 0.913 bits per heavy atom. The third-order valence-corrected chi connectivity index (χ3v) is 3.16. The van der Waals surface area contributed by atoms with Crippen LogP contribution in [0.15, 0.2) is 35.3 Å². The van der Waals surface area contributed by atoms with Gasteiger partial charge in [0, 0.05) is 19.2 Å². The standard InChI is InChI=1S/C15H16NO.C5H5.Fe/c1-17-12-15(14-9-3-2-4-10-14)16-11-13-7-5-6-8-13;1-2-4-5-3-1;/h2-11,15H,12H2,1H3;1-5H;/q;;+2/t15-;;/m1../s1. The van der Waals surface area contributed by atoms with E-state index in [1.807, 2.05) is 82.2 Å². The van der Waals surface area contributed by atoms with Gasteiger partial charge in [0.15, 0.2) is 0 Å². The van der Waals surface area contributed by atoms with Gasteiger partial charge in [-0.25, -0.2) is 0 Å². The summed E-state index contributed by atoms with van der Waals surface area (Å²) in [5, 5.41) is 0. The molecule has 23 heavy (non-hydrogen) atoms. The minimum absolute atomic E-state index is 0. The largest absolute Gasteiger partial charge is 2.00 e. The van der Waals surface area contributed by atoms with Gasteiger partial charge >= 0.3 is 17.1 Å². The quantitative estimate of drug-likeness (QED) is 0.585. The van der Waals surface area contributed by atoms with Crippen LogP contribution in [-0.2, 0) is 21.8 Å². The van der Waals surface area contributed by atoms with E-state index in [2.05, 4.69) is 17.1 Å². The molecule has 1 atom stereocenters. The van der Waals surface area contributed by atoms with Crippen molar-refractivity contribution in [2.45, 2.75) is 6.04 Å². The van der Waals surface area contributed by atoms with Gasteiger partial charge in [0.1, 0.15) is 0 Å². The number of methoxy groups -OCH3 is 1. The van der Waals surface area contributed by atoms with Gasteiger partial charge in [-0.05, 0) is 63.4 Å². The molecule has 2 aliphatic carbocycles. The summed E-state index contributed by atoms with van der Waals surface area (Å²) in [6, 6.07) is 10.3. The maximum absolute atomic E-state index is 5.21. The number of nitrogens with zero attached hydrogens (tertiary/aromatic N) is 1. The summed E-state index contributed by atoms with van der Waals surface area (Å²) in [5.74, 6) is 1.13. The maximum Gasteiger partial charge on any atom is 2.00 e. The van der Waals surface area contributed by atoms with Crippen LogP contribution in [0.25, 0.3) is 0 Å². The predicted molar refractivity (Wildman–Crippen MR) is 91.5 cm³/mol. The topological polar surface area (TPSA) is 21.6 Å². The van der Waals surface area contributed by atoms with E-state index in [4.69, 9.17) is 4.74 Å². The first-order valence-corrected chi connectivity index (χ1v) is 7.35. The Morgan fingerprint density at radius 3 is 2.00 bits per heavy atom. The molecule has 0 aliphatic heterocycles. The molecule has 2 nitrogen and oxygen atoms in total. The van der Waals surface area contributed by atoms with E-state index in [1.54, 1.807) is 7.11 Å². The number of aliphatic imine (C=N–C) groups is 1. The Hall–Kier alpha value is -0.631. The zero-order chi connectivity index (χ0) is 15.5. The molecule has 2 saturated carbocycles. The molecule has 2 fully saturated rings. The Kier molecular flexibility index (Phi) is 11.3. The third kappa shape index (κ3) is 8.15. The molecule has 0 aromatic heterocycles. The molecular weight excluding hydrogens is 326 g/mol. The van der Waals surface area contributed by atoms with Crippen molar-refractivity contribution < 1.29 is 21.8 Å². The smallest absolute Gasteiger partial charge is 0.382 e. The zero-order valence-electron chi connectivity index (χ0n) is 13.2. The van der Waals surface area contributed by atoms with E-state index in [-0.39, 0.29) is 23.1 Å². The summed E-state index contributed by atoms with van der Waals surface area (Å²) >= 11 is 0. The molecule has 10 radical (unpaired) electrons. The van der Waals surface area contributed by atoms with Gasteiger partial charge in [-0.2, -0.15) is 0 Å². The number of hydrogen-bond donors (Lipinski definition) is 0. The average Bonchev–Trinajstić information content (AvgIpc) is 3.28. The SMILES string of the molecule is COC[C@@H](N=C[C]1[CH][CH][CH][CH]1)c1ccccc1.[CH]1[CH][CH][CH][CH]1.[Fe+2]. The van der Waals surface area contributed by atoms with Crippen molar-refractivity contribution in [2.24, 2.45) is 4.99 Å². The fourth-order valence-corrected chi connectivity index (χ4v) is 2.03. The van der Waals surface area contributed by atoms with Crippen LogP contribution < -0.4 is 0 Å². The molecule has 0 N–H and O–H groups in total. The van der Waals surface area contributed by atoms with Crippen LogP contribution in [0.5, 0.6) is 0 Å². The molecule has 0 heterocycles. The van der Waals surface area contributed by atoms with Crippen LogP contribution in [0, 0.1) is 63.7 Å². The van der Waals surface area contributed by atoms with E-state index >= 15 is 0 Å². The van der Waals surface area contributed by atoms with Crippen LogP contribution in [-0.4, -0.2) is 19.9 Å². The van der Waals surface area contributed by atoms with E-state index in [0.29, 0.717) is 6.61 Å². The van der Waals surface area contributed by atoms with Gasteiger partial charge in [-0.15, -0.1) is 0 Å². The molecule has 3 rings (SSSR count). The minimum Gasteiger partial charge on any atom is -0.382 e. The molecule has 1 aromatic carbocycles. The van der Waals surface area contributed by atoms with Crippen LogP contribution in [0.4, 0.5) is 0 Å². The molecule has 2 aliphatic rings. The normalized spacial score (nSPS) is 19.2. The molecule has 3 heteroatoms. The second kappa shape index (κ2) is 12.8. The fourth-order valence-electron chi connectivity index (χ4n) is 2.03. The molecule has 0 unspecified atom stereocenters. The summed E-state index contributed by atoms with van der Waals surface area (Å²) in [6.07, 6.45) is 20.0. The molecular formula is C20H21FeNO+2. The van der Waals surface area contributed by atoms with Crippen LogP contribution in [0.2, 0.25) is 0 Å². The van der Waals surface area contributed by atoms with Crippen molar-refractivity contribution in [1.29, 1.82) is 0 Å². The van der Waals surface area contributed by atoms with Crippen molar-refractivity contribution in [2.75, 3.05) is 13.7 Å². The Morgan fingerprint density at radius 2 is 1.48 bits per heavy atom. The van der Waals surface area contributed by atoms with E-state index < -0.39 is 0 Å². The number of rotatable bonds is 5. The molecule has 0 saturated heterocycles. The van der Waals surface area contributed by atoms with Crippen molar-refractivity contribution in [3.8, 4) is 0 Å². The maximum atomic E-state index is 5.21. The first-order chi connectivity index (χ1) is 10.9. The summed E-state index contributed by atoms with van der Waals surface area (Å²) < 4.78 is 5.21. The first kappa shape index (κ1) is 20.4. The fraction of sp³-hybridized carbons (Fsp3) is 0.150. The van der Waals surface area contributed by atoms with Crippen LogP contribution >= 0.6 is 0 Å². The van der Waals surface area contributed by atoms with Crippen molar-refractivity contribution in [1.82, 2.24) is 0 Å². The van der Waals surface area contributed by atoms with E-state index in [0.717, 1.165) is 5.92 Å². The van der Waals surface area contributed by atoms with Gasteiger partial charge < -0.3 is 4.74 Å². The van der Waals surface area contributed by atoms with E-state index in [1.165, 1.54) is 5.56 Å². The summed E-state index contributed by atoms with van der Waals surface area (Å²) in [7, 11) is 1.70. The summed E-state index contributed by atoms with van der Waals surface area (Å²) in [4.78, 5) is 4.58. The Labute approximate surface area is 152 Å². The van der Waals surface area contributed by atoms with Crippen molar-refractivity contribution in [3.05, 3.63) is 99.6 Å². The second-order valence-electron chi connectivity index (χ2n) is 4.84. The van der Waals surface area contributed by atoms with Gasteiger partial charge in [0.2, 0.25) is 0 Å². The zero-order valence-corrected chi connectivity index (χ0v) is 14.3. The average molecular weight is 347 g/mol. The minimum atomic E-state index is 0. The van der Waals surface area contributed by atoms with Gasteiger partial charge in [-0.1, -0.05) is 30.3 Å². The number of ether oxygens (including phenoxy) is 1. The Balaban J connectivity index is 0.000000377. The number of hydrogen-bond acceptors (Lipinski definition) is 2. The van der Waals surface area contributed by atoms with Crippen LogP contribution in [0.1, 0.15) is 11.6 Å². The Bertz CT molecular complexity index is 403. The first-order valence-electron chi connectivity index (χ1n) is 7.35. The second-order valence-corrected chi connectivity index (χ2v) is 4.84. The molecule has 0 spiro atoms. The number of benzene rings is 1.